The highest BCUT2D eigenvalue weighted by Gasteiger charge is 2.80. The zero-order valence-electron chi connectivity index (χ0n) is 18.2. The van der Waals surface area contributed by atoms with E-state index in [2.05, 4.69) is 32.6 Å². The number of ketones is 2. The van der Waals surface area contributed by atoms with Crippen LogP contribution in [0.4, 0.5) is 0 Å². The molecule has 30 heavy (non-hydrogen) atoms. The molecular formula is C25H30O5. The molecule has 4 aliphatic carbocycles. The molecule has 1 aliphatic heterocycles. The fraction of sp³-hybridized carbons (Fsp3) is 0.640. The van der Waals surface area contributed by atoms with Crippen LogP contribution >= 0.6 is 0 Å². The standard InChI is InChI=1S/C25H30O5/c1-13(2)11-17(26)30-22-15-7-8-16-24-10-6-9-23(4,5)19(24)18(29-12-24)21(28)25(16,22)20(27)14(15)3/h6,10-11,15-16,18-19,22H,3,7-9,12H2,1-2,4-5H3/t15-,16-,18+,19+,22+,24+,25+/m0/s1. The number of Topliss-reactive ketones (excluding diaryl/α,β-unsaturated/α-hetero) is 2. The van der Waals surface area contributed by atoms with Crippen LogP contribution in [-0.2, 0) is 23.9 Å². The van der Waals surface area contributed by atoms with Crippen molar-refractivity contribution in [3.63, 3.8) is 0 Å². The van der Waals surface area contributed by atoms with E-state index in [0.29, 0.717) is 18.6 Å². The third kappa shape index (κ3) is 2.14. The van der Waals surface area contributed by atoms with Crippen molar-refractivity contribution < 1.29 is 23.9 Å². The number of esters is 1. The zero-order valence-corrected chi connectivity index (χ0v) is 18.2. The average Bonchev–Trinajstić information content (AvgIpc) is 3.07. The third-order valence-corrected chi connectivity index (χ3v) is 8.52. The molecule has 0 unspecified atom stereocenters. The van der Waals surface area contributed by atoms with Gasteiger partial charge in [-0.05, 0) is 50.0 Å². The van der Waals surface area contributed by atoms with Crippen LogP contribution in [0.25, 0.3) is 0 Å². The molecule has 1 spiro atoms. The Morgan fingerprint density at radius 3 is 2.70 bits per heavy atom. The molecule has 1 heterocycles. The first kappa shape index (κ1) is 19.9. The fourth-order valence-electron chi connectivity index (χ4n) is 7.60. The van der Waals surface area contributed by atoms with Crippen LogP contribution in [0.5, 0.6) is 0 Å². The van der Waals surface area contributed by atoms with Gasteiger partial charge in [-0.15, -0.1) is 0 Å². The maximum atomic E-state index is 14.1. The van der Waals surface area contributed by atoms with Gasteiger partial charge in [-0.25, -0.2) is 4.79 Å². The third-order valence-electron chi connectivity index (χ3n) is 8.52. The van der Waals surface area contributed by atoms with Gasteiger partial charge in [0.1, 0.15) is 17.6 Å². The Kier molecular flexibility index (Phi) is 4.00. The molecule has 5 heteroatoms. The number of ether oxygens (including phenoxy) is 2. The van der Waals surface area contributed by atoms with E-state index in [1.165, 1.54) is 6.08 Å². The second-order valence-corrected chi connectivity index (χ2v) is 10.8. The number of hydrogen-bond acceptors (Lipinski definition) is 5. The minimum absolute atomic E-state index is 0.0328. The van der Waals surface area contributed by atoms with Gasteiger partial charge >= 0.3 is 5.97 Å². The molecule has 4 fully saturated rings. The van der Waals surface area contributed by atoms with Crippen LogP contribution in [0, 0.1) is 34.0 Å². The molecule has 0 aromatic heterocycles. The molecule has 0 aromatic rings. The van der Waals surface area contributed by atoms with Crippen molar-refractivity contribution in [2.24, 2.45) is 34.0 Å². The normalized spacial score (nSPS) is 45.1. The number of rotatable bonds is 2. The van der Waals surface area contributed by atoms with Crippen molar-refractivity contribution in [2.45, 2.75) is 59.2 Å². The largest absolute Gasteiger partial charge is 0.457 e. The zero-order chi connectivity index (χ0) is 21.6. The average molecular weight is 411 g/mol. The molecule has 160 valence electrons. The van der Waals surface area contributed by atoms with E-state index in [1.54, 1.807) is 0 Å². The van der Waals surface area contributed by atoms with Gasteiger partial charge in [-0.3, -0.25) is 9.59 Å². The van der Waals surface area contributed by atoms with E-state index in [1.807, 2.05) is 13.8 Å². The Labute approximate surface area is 177 Å². The van der Waals surface area contributed by atoms with Crippen molar-refractivity contribution in [2.75, 3.05) is 6.61 Å². The van der Waals surface area contributed by atoms with Crippen molar-refractivity contribution >= 4 is 17.5 Å². The molecular weight excluding hydrogens is 380 g/mol. The maximum Gasteiger partial charge on any atom is 0.331 e. The predicted molar refractivity (Wildman–Crippen MR) is 110 cm³/mol. The SMILES string of the molecule is C=C1C(=O)[C@@]23C(=O)[C@@H]4OC[C@]5(C=CCC(C)(C)[C@@H]45)[C@@H]2CC[C@@H]1[C@H]3OC(=O)C=C(C)C. The molecule has 5 rings (SSSR count). The predicted octanol–water partition coefficient (Wildman–Crippen LogP) is 3.59. The monoisotopic (exact) mass is 410 g/mol. The van der Waals surface area contributed by atoms with Crippen molar-refractivity contribution in [3.05, 3.63) is 36.0 Å². The van der Waals surface area contributed by atoms with Crippen molar-refractivity contribution in [3.8, 4) is 0 Å². The van der Waals surface area contributed by atoms with Crippen molar-refractivity contribution in [1.82, 2.24) is 0 Å². The number of hydrogen-bond donors (Lipinski definition) is 0. The van der Waals surface area contributed by atoms with Gasteiger partial charge in [0.25, 0.3) is 0 Å². The topological polar surface area (TPSA) is 69.7 Å². The number of carbonyl (C=O) groups is 3. The summed E-state index contributed by atoms with van der Waals surface area (Å²) >= 11 is 0. The van der Waals surface area contributed by atoms with E-state index in [9.17, 15) is 14.4 Å². The highest BCUT2D eigenvalue weighted by Crippen LogP contribution is 2.71. The summed E-state index contributed by atoms with van der Waals surface area (Å²) in [5.74, 6) is -1.39. The smallest absolute Gasteiger partial charge is 0.331 e. The van der Waals surface area contributed by atoms with E-state index < -0.39 is 23.6 Å². The van der Waals surface area contributed by atoms with Gasteiger partial charge in [0, 0.05) is 23.3 Å². The van der Waals surface area contributed by atoms with Crippen LogP contribution < -0.4 is 0 Å². The first-order chi connectivity index (χ1) is 14.1. The summed E-state index contributed by atoms with van der Waals surface area (Å²) in [6, 6.07) is 0. The highest BCUT2D eigenvalue weighted by molar-refractivity contribution is 6.20. The molecule has 3 saturated carbocycles. The highest BCUT2D eigenvalue weighted by atomic mass is 16.5. The van der Waals surface area contributed by atoms with Crippen molar-refractivity contribution in [1.29, 1.82) is 0 Å². The Balaban J connectivity index is 1.69. The lowest BCUT2D eigenvalue weighted by atomic mass is 9.41. The second kappa shape index (κ2) is 6.03. The second-order valence-electron chi connectivity index (χ2n) is 10.8. The fourth-order valence-corrected chi connectivity index (χ4v) is 7.60. The first-order valence-electron chi connectivity index (χ1n) is 11.0. The lowest BCUT2D eigenvalue weighted by Gasteiger charge is -2.59. The Bertz CT molecular complexity index is 935. The van der Waals surface area contributed by atoms with Crippen LogP contribution in [0.3, 0.4) is 0 Å². The molecule has 1 saturated heterocycles. The number of carbonyl (C=O) groups excluding carboxylic acids is 3. The summed E-state index contributed by atoms with van der Waals surface area (Å²) in [6.45, 7) is 12.5. The Hall–Kier alpha value is -2.01. The quantitative estimate of drug-likeness (QED) is 0.301. The summed E-state index contributed by atoms with van der Waals surface area (Å²) in [5, 5.41) is 0. The molecule has 4 bridgehead atoms. The lowest BCUT2D eigenvalue weighted by molar-refractivity contribution is -0.187. The molecule has 5 nitrogen and oxygen atoms in total. The van der Waals surface area contributed by atoms with Crippen LogP contribution in [0.2, 0.25) is 0 Å². The van der Waals surface area contributed by atoms with Gasteiger partial charge in [-0.2, -0.15) is 0 Å². The van der Waals surface area contributed by atoms with E-state index in [0.717, 1.165) is 18.4 Å². The summed E-state index contributed by atoms with van der Waals surface area (Å²) in [4.78, 5) is 40.4. The maximum absolute atomic E-state index is 14.1. The van der Waals surface area contributed by atoms with Crippen LogP contribution in [0.15, 0.2) is 36.0 Å². The van der Waals surface area contributed by atoms with Crippen LogP contribution in [0.1, 0.15) is 47.0 Å². The van der Waals surface area contributed by atoms with Crippen LogP contribution in [-0.4, -0.2) is 36.4 Å². The van der Waals surface area contributed by atoms with Gasteiger partial charge in [0.2, 0.25) is 0 Å². The van der Waals surface area contributed by atoms with Gasteiger partial charge in [-0.1, -0.05) is 38.2 Å². The summed E-state index contributed by atoms with van der Waals surface area (Å²) < 4.78 is 12.1. The minimum atomic E-state index is -1.36. The van der Waals surface area contributed by atoms with E-state index >= 15 is 0 Å². The number of allylic oxidation sites excluding steroid dienone is 2. The summed E-state index contributed by atoms with van der Waals surface area (Å²) in [7, 11) is 0. The van der Waals surface area contributed by atoms with Gasteiger partial charge in [0.15, 0.2) is 11.6 Å². The number of fused-ring (bicyclic) bond motifs is 1. The molecule has 7 atom stereocenters. The minimum Gasteiger partial charge on any atom is -0.457 e. The Morgan fingerprint density at radius 1 is 1.27 bits per heavy atom. The molecule has 0 aromatic carbocycles. The summed E-state index contributed by atoms with van der Waals surface area (Å²) in [5.41, 5.74) is -0.588. The Morgan fingerprint density at radius 2 is 2.00 bits per heavy atom. The van der Waals surface area contributed by atoms with Gasteiger partial charge in [0.05, 0.1) is 6.61 Å². The molecule has 0 amide bonds. The first-order valence-corrected chi connectivity index (χ1v) is 11.0. The molecule has 0 radical (unpaired) electrons. The lowest BCUT2D eigenvalue weighted by Crippen LogP contribution is -2.68. The summed E-state index contributed by atoms with van der Waals surface area (Å²) in [6.07, 6.45) is 6.73. The molecule has 5 aliphatic rings. The van der Waals surface area contributed by atoms with E-state index in [-0.39, 0.29) is 40.2 Å². The molecule has 0 N–H and O–H groups in total. The van der Waals surface area contributed by atoms with E-state index in [4.69, 9.17) is 9.47 Å². The van der Waals surface area contributed by atoms with Gasteiger partial charge < -0.3 is 9.47 Å².